The molecule has 0 saturated heterocycles. The molecule has 2 heteroatoms. The number of hydrogen-bond acceptors (Lipinski definition) is 2. The molecule has 0 spiro atoms. The van der Waals surface area contributed by atoms with Crippen molar-refractivity contribution in [3.05, 3.63) is 29.8 Å². The standard InChI is InChI=1S/C11H16OS/c1-8(2)11(13-3)9-4-6-10(12)7-5-9/h4-8,11-12H,1-3H3. The van der Waals surface area contributed by atoms with E-state index >= 15 is 0 Å². The van der Waals surface area contributed by atoms with E-state index in [9.17, 15) is 0 Å². The summed E-state index contributed by atoms with van der Waals surface area (Å²) in [6, 6.07) is 7.49. The first kappa shape index (κ1) is 10.5. The molecule has 13 heavy (non-hydrogen) atoms. The predicted octanol–water partition coefficient (Wildman–Crippen LogP) is 3.45. The Kier molecular flexibility index (Phi) is 3.67. The minimum atomic E-state index is 0.340. The van der Waals surface area contributed by atoms with E-state index < -0.39 is 0 Å². The summed E-state index contributed by atoms with van der Waals surface area (Å²) in [6.45, 7) is 4.43. The Morgan fingerprint density at radius 3 is 2.08 bits per heavy atom. The lowest BCUT2D eigenvalue weighted by atomic mass is 10.0. The summed E-state index contributed by atoms with van der Waals surface area (Å²) in [6.07, 6.45) is 2.12. The molecule has 1 nitrogen and oxygen atoms in total. The molecule has 1 aromatic carbocycles. The van der Waals surface area contributed by atoms with Crippen LogP contribution >= 0.6 is 11.8 Å². The molecule has 0 saturated carbocycles. The fraction of sp³-hybridized carbons (Fsp3) is 0.455. The quantitative estimate of drug-likeness (QED) is 0.799. The van der Waals surface area contributed by atoms with Gasteiger partial charge in [0.1, 0.15) is 5.75 Å². The first-order valence-corrected chi connectivity index (χ1v) is 5.75. The Morgan fingerprint density at radius 2 is 1.69 bits per heavy atom. The molecule has 1 aromatic rings. The molecule has 0 radical (unpaired) electrons. The molecule has 1 N–H and O–H groups in total. The van der Waals surface area contributed by atoms with Gasteiger partial charge in [0.25, 0.3) is 0 Å². The summed E-state index contributed by atoms with van der Waals surface area (Å²) >= 11 is 1.86. The maximum absolute atomic E-state index is 9.14. The zero-order valence-electron chi connectivity index (χ0n) is 8.32. The third kappa shape index (κ3) is 2.66. The summed E-state index contributed by atoms with van der Waals surface area (Å²) in [4.78, 5) is 0. The largest absolute Gasteiger partial charge is 0.508 e. The monoisotopic (exact) mass is 196 g/mol. The van der Waals surface area contributed by atoms with Gasteiger partial charge in [-0.2, -0.15) is 11.8 Å². The molecule has 0 aliphatic rings. The molecule has 0 aromatic heterocycles. The molecular formula is C11H16OS. The third-order valence-electron chi connectivity index (χ3n) is 2.08. The van der Waals surface area contributed by atoms with Gasteiger partial charge in [0.15, 0.2) is 0 Å². The molecule has 1 unspecified atom stereocenters. The van der Waals surface area contributed by atoms with Crippen molar-refractivity contribution in [1.82, 2.24) is 0 Å². The van der Waals surface area contributed by atoms with Gasteiger partial charge in [-0.25, -0.2) is 0 Å². The van der Waals surface area contributed by atoms with E-state index in [1.807, 2.05) is 23.9 Å². The van der Waals surface area contributed by atoms with Gasteiger partial charge in [-0.05, 0) is 29.9 Å². The number of rotatable bonds is 3. The molecule has 0 fully saturated rings. The third-order valence-corrected chi connectivity index (χ3v) is 3.41. The first-order chi connectivity index (χ1) is 6.15. The van der Waals surface area contributed by atoms with Crippen LogP contribution in [0.5, 0.6) is 5.75 Å². The van der Waals surface area contributed by atoms with Crippen LogP contribution in [-0.2, 0) is 0 Å². The molecular weight excluding hydrogens is 180 g/mol. The summed E-state index contributed by atoms with van der Waals surface area (Å²) in [5, 5.41) is 9.67. The second kappa shape index (κ2) is 4.56. The second-order valence-electron chi connectivity index (χ2n) is 3.49. The summed E-state index contributed by atoms with van der Waals surface area (Å²) < 4.78 is 0. The predicted molar refractivity (Wildman–Crippen MR) is 59.2 cm³/mol. The fourth-order valence-corrected chi connectivity index (χ4v) is 2.43. The molecule has 0 aliphatic carbocycles. The van der Waals surface area contributed by atoms with Gasteiger partial charge in [-0.3, -0.25) is 0 Å². The number of aromatic hydroxyl groups is 1. The number of phenols is 1. The Labute approximate surface area is 84.2 Å². The molecule has 1 rings (SSSR count). The lowest BCUT2D eigenvalue weighted by molar-refractivity contribution is 0.475. The van der Waals surface area contributed by atoms with E-state index in [1.165, 1.54) is 5.56 Å². The normalized spacial score (nSPS) is 13.2. The molecule has 72 valence electrons. The van der Waals surface area contributed by atoms with Crippen LogP contribution in [0.25, 0.3) is 0 Å². The summed E-state index contributed by atoms with van der Waals surface area (Å²) in [5.74, 6) is 0.965. The van der Waals surface area contributed by atoms with Gasteiger partial charge in [-0.15, -0.1) is 0 Å². The van der Waals surface area contributed by atoms with Crippen LogP contribution in [0.4, 0.5) is 0 Å². The van der Waals surface area contributed by atoms with Crippen molar-refractivity contribution in [3.8, 4) is 5.75 Å². The average molecular weight is 196 g/mol. The SMILES string of the molecule is CSC(c1ccc(O)cc1)C(C)C. The highest BCUT2D eigenvalue weighted by Gasteiger charge is 2.13. The van der Waals surface area contributed by atoms with E-state index in [2.05, 4.69) is 20.1 Å². The second-order valence-corrected chi connectivity index (χ2v) is 4.47. The highest BCUT2D eigenvalue weighted by molar-refractivity contribution is 7.98. The van der Waals surface area contributed by atoms with Crippen LogP contribution in [0.15, 0.2) is 24.3 Å². The van der Waals surface area contributed by atoms with Crippen molar-refractivity contribution in [2.75, 3.05) is 6.26 Å². The molecule has 0 bridgehead atoms. The topological polar surface area (TPSA) is 20.2 Å². The molecule has 0 aliphatic heterocycles. The average Bonchev–Trinajstić information content (AvgIpc) is 2.09. The Hall–Kier alpha value is -0.630. The van der Waals surface area contributed by atoms with E-state index in [4.69, 9.17) is 5.11 Å². The van der Waals surface area contributed by atoms with Crippen LogP contribution in [-0.4, -0.2) is 11.4 Å². The van der Waals surface area contributed by atoms with Gasteiger partial charge in [0, 0.05) is 5.25 Å². The highest BCUT2D eigenvalue weighted by Crippen LogP contribution is 2.34. The van der Waals surface area contributed by atoms with Crippen LogP contribution in [0.2, 0.25) is 0 Å². The van der Waals surface area contributed by atoms with Crippen molar-refractivity contribution >= 4 is 11.8 Å². The summed E-state index contributed by atoms with van der Waals surface area (Å²) in [7, 11) is 0. The van der Waals surface area contributed by atoms with Gasteiger partial charge >= 0.3 is 0 Å². The Bertz CT molecular complexity index is 253. The first-order valence-electron chi connectivity index (χ1n) is 4.47. The van der Waals surface area contributed by atoms with Crippen molar-refractivity contribution in [3.63, 3.8) is 0 Å². The van der Waals surface area contributed by atoms with Gasteiger partial charge in [-0.1, -0.05) is 26.0 Å². The lowest BCUT2D eigenvalue weighted by Crippen LogP contribution is -2.01. The van der Waals surface area contributed by atoms with Crippen molar-refractivity contribution in [2.45, 2.75) is 19.1 Å². The van der Waals surface area contributed by atoms with Crippen molar-refractivity contribution < 1.29 is 5.11 Å². The molecule has 0 heterocycles. The maximum atomic E-state index is 9.14. The molecule has 1 atom stereocenters. The minimum Gasteiger partial charge on any atom is -0.508 e. The fourth-order valence-electron chi connectivity index (χ4n) is 1.46. The Balaban J connectivity index is 2.86. The van der Waals surface area contributed by atoms with E-state index in [0.717, 1.165) is 0 Å². The van der Waals surface area contributed by atoms with Crippen molar-refractivity contribution in [2.24, 2.45) is 5.92 Å². The summed E-state index contributed by atoms with van der Waals surface area (Å²) in [5.41, 5.74) is 1.29. The number of benzene rings is 1. The van der Waals surface area contributed by atoms with E-state index in [-0.39, 0.29) is 0 Å². The van der Waals surface area contributed by atoms with E-state index in [0.29, 0.717) is 16.9 Å². The van der Waals surface area contributed by atoms with Crippen molar-refractivity contribution in [1.29, 1.82) is 0 Å². The smallest absolute Gasteiger partial charge is 0.115 e. The number of thioether (sulfide) groups is 1. The van der Waals surface area contributed by atoms with Crippen LogP contribution in [0.3, 0.4) is 0 Å². The van der Waals surface area contributed by atoms with Crippen LogP contribution in [0, 0.1) is 5.92 Å². The maximum Gasteiger partial charge on any atom is 0.115 e. The van der Waals surface area contributed by atoms with Gasteiger partial charge in [0.05, 0.1) is 0 Å². The highest BCUT2D eigenvalue weighted by atomic mass is 32.2. The minimum absolute atomic E-state index is 0.340. The molecule has 0 amide bonds. The van der Waals surface area contributed by atoms with Crippen LogP contribution < -0.4 is 0 Å². The van der Waals surface area contributed by atoms with Gasteiger partial charge < -0.3 is 5.11 Å². The van der Waals surface area contributed by atoms with Gasteiger partial charge in [0.2, 0.25) is 0 Å². The van der Waals surface area contributed by atoms with Crippen LogP contribution in [0.1, 0.15) is 24.7 Å². The van der Waals surface area contributed by atoms with E-state index in [1.54, 1.807) is 12.1 Å². The number of phenolic OH excluding ortho intramolecular Hbond substituents is 1. The number of hydrogen-bond donors (Lipinski definition) is 1. The zero-order valence-corrected chi connectivity index (χ0v) is 9.14. The zero-order chi connectivity index (χ0) is 9.84. The lowest BCUT2D eigenvalue weighted by Gasteiger charge is -2.18. The Morgan fingerprint density at radius 1 is 1.15 bits per heavy atom.